The second-order valence-corrected chi connectivity index (χ2v) is 9.00. The van der Waals surface area contributed by atoms with Gasteiger partial charge in [0.15, 0.2) is 0 Å². The molecule has 0 aliphatic heterocycles. The molecule has 1 aromatic heterocycles. The molecule has 0 amide bonds. The predicted octanol–water partition coefficient (Wildman–Crippen LogP) is 3.56. The summed E-state index contributed by atoms with van der Waals surface area (Å²) in [6.07, 6.45) is 1.30. The number of benzene rings is 2. The van der Waals surface area contributed by atoms with Gasteiger partial charge in [-0.25, -0.2) is 4.79 Å². The number of aromatic nitrogens is 2. The molecule has 32 heavy (non-hydrogen) atoms. The van der Waals surface area contributed by atoms with Crippen LogP contribution in [0, 0.1) is 25.2 Å². The summed E-state index contributed by atoms with van der Waals surface area (Å²) in [6, 6.07) is 9.91. The van der Waals surface area contributed by atoms with E-state index in [2.05, 4.69) is 12.6 Å². The van der Waals surface area contributed by atoms with Crippen molar-refractivity contribution in [2.24, 2.45) is 5.92 Å². The maximum absolute atomic E-state index is 13.6. The first-order valence-electron chi connectivity index (χ1n) is 10.5. The molecule has 3 aromatic rings. The van der Waals surface area contributed by atoms with Gasteiger partial charge in [-0.3, -0.25) is 18.7 Å². The third kappa shape index (κ3) is 4.02. The van der Waals surface area contributed by atoms with Gasteiger partial charge in [0.2, 0.25) is 0 Å². The Hall–Kier alpha value is -3.13. The second-order valence-electron chi connectivity index (χ2n) is 8.52. The molecule has 2 aromatic carbocycles. The van der Waals surface area contributed by atoms with Gasteiger partial charge in [-0.05, 0) is 61.9 Å². The Kier molecular flexibility index (Phi) is 5.81. The molecule has 7 nitrogen and oxygen atoms in total. The van der Waals surface area contributed by atoms with Crippen LogP contribution in [0.4, 0.5) is 0 Å². The van der Waals surface area contributed by atoms with Crippen LogP contribution < -0.4 is 11.2 Å². The third-order valence-corrected chi connectivity index (χ3v) is 6.39. The van der Waals surface area contributed by atoms with E-state index in [0.29, 0.717) is 21.4 Å². The molecule has 1 saturated carbocycles. The van der Waals surface area contributed by atoms with Crippen LogP contribution in [-0.4, -0.2) is 25.9 Å². The van der Waals surface area contributed by atoms with Gasteiger partial charge in [-0.15, -0.1) is 12.6 Å². The van der Waals surface area contributed by atoms with Crippen molar-refractivity contribution in [1.82, 2.24) is 9.13 Å². The van der Waals surface area contributed by atoms with Gasteiger partial charge in [-0.1, -0.05) is 18.2 Å². The number of nitrogens with zero attached hydrogens (tertiary/aromatic N) is 2. The number of aliphatic carboxylic acids is 1. The van der Waals surface area contributed by atoms with Gasteiger partial charge >= 0.3 is 11.7 Å². The lowest BCUT2D eigenvalue weighted by Gasteiger charge is -2.21. The molecular formula is C24H25N3O4S. The molecule has 1 fully saturated rings. The number of aryl methyl sites for hydroxylation is 2. The molecular weight excluding hydrogens is 426 g/mol. The predicted molar refractivity (Wildman–Crippen MR) is 126 cm³/mol. The van der Waals surface area contributed by atoms with Gasteiger partial charge in [0, 0.05) is 10.5 Å². The van der Waals surface area contributed by atoms with E-state index in [4.69, 9.17) is 5.41 Å². The highest BCUT2D eigenvalue weighted by Gasteiger charge is 2.36. The molecule has 0 bridgehead atoms. The van der Waals surface area contributed by atoms with E-state index in [0.717, 1.165) is 28.5 Å². The topological polar surface area (TPSA) is 105 Å². The minimum atomic E-state index is -1.05. The molecule has 8 heteroatoms. The van der Waals surface area contributed by atoms with Crippen molar-refractivity contribution < 1.29 is 9.90 Å². The number of rotatable bonds is 7. The van der Waals surface area contributed by atoms with Gasteiger partial charge in [0.05, 0.1) is 35.6 Å². The minimum absolute atomic E-state index is 0.00560. The molecule has 1 aliphatic rings. The fourth-order valence-electron chi connectivity index (χ4n) is 4.49. The van der Waals surface area contributed by atoms with Crippen LogP contribution >= 0.6 is 12.6 Å². The summed E-state index contributed by atoms with van der Waals surface area (Å²) in [4.78, 5) is 39.0. The van der Waals surface area contributed by atoms with E-state index in [1.54, 1.807) is 24.3 Å². The van der Waals surface area contributed by atoms with Crippen molar-refractivity contribution >= 4 is 35.2 Å². The molecule has 166 valence electrons. The number of nitrogens with one attached hydrogen (secondary N) is 1. The van der Waals surface area contributed by atoms with Gasteiger partial charge in [0.1, 0.15) is 0 Å². The quantitative estimate of drug-likeness (QED) is 0.377. The fraction of sp³-hybridized carbons (Fsp3) is 0.333. The Morgan fingerprint density at radius 2 is 1.91 bits per heavy atom. The standard InChI is InChI=1S/C24H25N3O4S/c1-13-9-14(2)22(20(32)10-13)17(25)12-26-18-6-4-3-5-16(18)23(30)27(24(26)31)19(11-21(28)29)15-7-8-15/h3-6,9-10,15,19,25,32H,7-8,11-12H2,1-2H3,(H,28,29). The van der Waals surface area contributed by atoms with E-state index in [-0.39, 0.29) is 24.6 Å². The normalized spacial score (nSPS) is 14.5. The lowest BCUT2D eigenvalue weighted by Crippen LogP contribution is -2.44. The number of carboxylic acids is 1. The summed E-state index contributed by atoms with van der Waals surface area (Å²) in [5, 5.41) is 18.5. The summed E-state index contributed by atoms with van der Waals surface area (Å²) in [7, 11) is 0. The molecule has 0 radical (unpaired) electrons. The maximum Gasteiger partial charge on any atom is 0.332 e. The third-order valence-electron chi connectivity index (χ3n) is 6.04. The average Bonchev–Trinajstić information content (AvgIpc) is 3.54. The van der Waals surface area contributed by atoms with Gasteiger partial charge < -0.3 is 10.5 Å². The van der Waals surface area contributed by atoms with Gasteiger partial charge in [0.25, 0.3) is 5.56 Å². The molecule has 1 heterocycles. The zero-order chi connectivity index (χ0) is 23.2. The van der Waals surface area contributed by atoms with Crippen LogP contribution in [0.5, 0.6) is 0 Å². The molecule has 4 rings (SSSR count). The fourth-order valence-corrected chi connectivity index (χ4v) is 5.00. The molecule has 2 N–H and O–H groups in total. The first-order chi connectivity index (χ1) is 15.2. The Bertz CT molecular complexity index is 1340. The summed E-state index contributed by atoms with van der Waals surface area (Å²) in [5.41, 5.74) is 2.13. The second kappa shape index (κ2) is 8.43. The van der Waals surface area contributed by atoms with Crippen molar-refractivity contribution in [2.45, 2.75) is 50.6 Å². The van der Waals surface area contributed by atoms with Crippen molar-refractivity contribution in [3.63, 3.8) is 0 Å². The Morgan fingerprint density at radius 1 is 1.22 bits per heavy atom. The van der Waals surface area contributed by atoms with E-state index in [1.165, 1.54) is 4.57 Å². The Morgan fingerprint density at radius 3 is 2.53 bits per heavy atom. The number of para-hydroxylation sites is 1. The lowest BCUT2D eigenvalue weighted by molar-refractivity contribution is -0.138. The maximum atomic E-state index is 13.6. The highest BCUT2D eigenvalue weighted by Crippen LogP contribution is 2.40. The zero-order valence-electron chi connectivity index (χ0n) is 18.0. The minimum Gasteiger partial charge on any atom is -0.481 e. The number of hydrogen-bond acceptors (Lipinski definition) is 5. The summed E-state index contributed by atoms with van der Waals surface area (Å²) >= 11 is 4.54. The zero-order valence-corrected chi connectivity index (χ0v) is 18.9. The highest BCUT2D eigenvalue weighted by molar-refractivity contribution is 7.80. The van der Waals surface area contributed by atoms with Crippen LogP contribution in [0.2, 0.25) is 0 Å². The van der Waals surface area contributed by atoms with Crippen LogP contribution in [0.15, 0.2) is 50.9 Å². The van der Waals surface area contributed by atoms with Crippen molar-refractivity contribution in [3.05, 3.63) is 73.9 Å². The van der Waals surface area contributed by atoms with Crippen LogP contribution in [-0.2, 0) is 11.3 Å². The largest absolute Gasteiger partial charge is 0.481 e. The monoisotopic (exact) mass is 451 g/mol. The molecule has 1 aliphatic carbocycles. The van der Waals surface area contributed by atoms with Crippen LogP contribution in [0.25, 0.3) is 10.9 Å². The number of thiol groups is 1. The SMILES string of the molecule is Cc1cc(C)c(C(=N)Cn2c(=O)n(C(CC(=O)O)C3CC3)c(=O)c3ccccc32)c(S)c1. The Labute approximate surface area is 190 Å². The van der Waals surface area contributed by atoms with E-state index >= 15 is 0 Å². The smallest absolute Gasteiger partial charge is 0.332 e. The average molecular weight is 452 g/mol. The number of fused-ring (bicyclic) bond motifs is 1. The Balaban J connectivity index is 1.90. The highest BCUT2D eigenvalue weighted by atomic mass is 32.1. The first kappa shape index (κ1) is 22.1. The van der Waals surface area contributed by atoms with E-state index in [9.17, 15) is 19.5 Å². The van der Waals surface area contributed by atoms with E-state index in [1.807, 2.05) is 26.0 Å². The summed E-state index contributed by atoms with van der Waals surface area (Å²) in [5.74, 6) is -1.05. The van der Waals surface area contributed by atoms with Crippen molar-refractivity contribution in [3.8, 4) is 0 Å². The van der Waals surface area contributed by atoms with E-state index < -0.39 is 23.3 Å². The summed E-state index contributed by atoms with van der Waals surface area (Å²) in [6.45, 7) is 3.80. The molecule has 0 saturated heterocycles. The molecule has 0 spiro atoms. The van der Waals surface area contributed by atoms with Gasteiger partial charge in [-0.2, -0.15) is 0 Å². The van der Waals surface area contributed by atoms with Crippen LogP contribution in [0.3, 0.4) is 0 Å². The lowest BCUT2D eigenvalue weighted by atomic mass is 10.0. The summed E-state index contributed by atoms with van der Waals surface area (Å²) < 4.78 is 2.51. The number of carboxylic acid groups (broad SMARTS) is 1. The van der Waals surface area contributed by atoms with Crippen molar-refractivity contribution in [1.29, 1.82) is 5.41 Å². The van der Waals surface area contributed by atoms with Crippen LogP contribution in [0.1, 0.15) is 42.0 Å². The molecule has 1 unspecified atom stereocenters. The number of carbonyl (C=O) groups is 1. The van der Waals surface area contributed by atoms with Crippen molar-refractivity contribution in [2.75, 3.05) is 0 Å². The number of hydrogen-bond donors (Lipinski definition) is 3. The first-order valence-corrected chi connectivity index (χ1v) is 11.0. The molecule has 1 atom stereocenters.